The quantitative estimate of drug-likeness (QED) is 0.106. The molecule has 0 saturated carbocycles. The summed E-state index contributed by atoms with van der Waals surface area (Å²) >= 11 is 0. The molecule has 0 bridgehead atoms. The topological polar surface area (TPSA) is 77.6 Å². The maximum absolute atomic E-state index is 8.11. The van der Waals surface area contributed by atoms with E-state index in [1.54, 1.807) is 24.3 Å². The first-order chi connectivity index (χ1) is 35.6. The fourth-order valence-corrected chi connectivity index (χ4v) is 12.8. The second-order valence-electron chi connectivity index (χ2n) is 21.6. The van der Waals surface area contributed by atoms with Crippen molar-refractivity contribution in [1.29, 1.82) is 0 Å². The van der Waals surface area contributed by atoms with Crippen molar-refractivity contribution in [3.05, 3.63) is 150 Å². The Morgan fingerprint density at radius 1 is 0.478 bits per heavy atom. The van der Waals surface area contributed by atoms with Gasteiger partial charge in [-0.05, 0) is 49.1 Å². The summed E-state index contributed by atoms with van der Waals surface area (Å²) in [5, 5.41) is 7.11. The van der Waals surface area contributed by atoms with Crippen molar-refractivity contribution in [2.24, 2.45) is 0 Å². The fraction of sp³-hybridized carbons (Fsp3) is 0.259. The van der Waals surface area contributed by atoms with E-state index in [0.717, 1.165) is 44.9 Å². The van der Waals surface area contributed by atoms with Gasteiger partial charge in [-0.3, -0.25) is 0 Å². The van der Waals surface area contributed by atoms with Crippen LogP contribution in [0.4, 0.5) is 0 Å². The minimum absolute atomic E-state index is 0. The average Bonchev–Trinajstić information content (AvgIpc) is 3.85. The molecule has 0 aliphatic rings. The minimum atomic E-state index is -2.67. The summed E-state index contributed by atoms with van der Waals surface area (Å²) in [6, 6.07) is 41.9. The second kappa shape index (κ2) is 19.9. The number of hydrogen-bond donors (Lipinski definition) is 0. The molecule has 355 valence electrons. The third-order valence-electron chi connectivity index (χ3n) is 12.1. The van der Waals surface area contributed by atoms with Crippen LogP contribution in [-0.2, 0) is 20.1 Å². The van der Waals surface area contributed by atoms with Crippen LogP contribution in [0.25, 0.3) is 78.6 Å². The second-order valence-corrected chi connectivity index (χ2v) is 41.9. The molecule has 0 fully saturated rings. The number of rotatable bonds is 9. The summed E-state index contributed by atoms with van der Waals surface area (Å²) in [5.41, 5.74) is 5.74. The van der Waals surface area contributed by atoms with Gasteiger partial charge in [0.25, 0.3) is 0 Å². The Kier molecular flexibility index (Phi) is 11.6. The fourth-order valence-electron chi connectivity index (χ4n) is 7.78. The van der Waals surface area contributed by atoms with Gasteiger partial charge in [0.1, 0.15) is 5.58 Å². The van der Waals surface area contributed by atoms with E-state index in [4.69, 9.17) is 31.7 Å². The molecule has 0 spiro atoms. The predicted molar refractivity (Wildman–Crippen MR) is 300 cm³/mol. The summed E-state index contributed by atoms with van der Waals surface area (Å²) in [7, 11) is -6.93. The number of benzene rings is 5. The smallest absolute Gasteiger partial charge is 0.164 e. The monoisotopic (exact) mass is 1160 g/mol. The van der Waals surface area contributed by atoms with Crippen LogP contribution in [0.5, 0.6) is 0 Å². The molecule has 11 heteroatoms. The molecule has 4 aromatic heterocycles. The van der Waals surface area contributed by atoms with E-state index in [1.807, 2.05) is 42.5 Å². The van der Waals surface area contributed by atoms with Gasteiger partial charge in [-0.15, -0.1) is 54.1 Å². The van der Waals surface area contributed by atoms with Crippen molar-refractivity contribution < 1.29 is 36.9 Å². The maximum Gasteiger partial charge on any atom is 0.164 e. The van der Waals surface area contributed by atoms with E-state index in [1.165, 1.54) is 33.0 Å². The van der Waals surface area contributed by atoms with Crippen LogP contribution in [0, 0.1) is 32.7 Å². The van der Waals surface area contributed by atoms with Gasteiger partial charge < -0.3 is 14.4 Å². The number of aryl methyl sites for hydroxylation is 3. The number of aromatic nitrogens is 5. The average molecular weight is 1160 g/mol. The van der Waals surface area contributed by atoms with Crippen LogP contribution >= 0.6 is 0 Å². The Morgan fingerprint density at radius 3 is 1.54 bits per heavy atom. The van der Waals surface area contributed by atoms with E-state index < -0.39 is 52.9 Å². The van der Waals surface area contributed by atoms with Crippen molar-refractivity contribution in [2.45, 2.75) is 99.1 Å². The molecule has 1 radical (unpaired) electrons. The molecule has 0 atom stereocenters. The number of hydrogen-bond acceptors (Lipinski definition) is 6. The van der Waals surface area contributed by atoms with Crippen molar-refractivity contribution in [3.8, 4) is 56.7 Å². The molecule has 0 aliphatic heterocycles. The summed E-state index contributed by atoms with van der Waals surface area (Å²) in [6.07, 6.45) is 2.52. The molecule has 0 saturated heterocycles. The zero-order valence-electron chi connectivity index (χ0n) is 50.5. The van der Waals surface area contributed by atoms with Crippen molar-refractivity contribution in [2.75, 3.05) is 0 Å². The van der Waals surface area contributed by atoms with Crippen LogP contribution in [0.2, 0.25) is 78.6 Å². The van der Waals surface area contributed by atoms with Gasteiger partial charge in [-0.2, -0.15) is 0 Å². The largest absolute Gasteiger partial charge is 0.501 e. The Balaban J connectivity index is 0.000000443. The van der Waals surface area contributed by atoms with Gasteiger partial charge in [-0.1, -0.05) is 183 Å². The van der Waals surface area contributed by atoms with Crippen molar-refractivity contribution in [1.82, 2.24) is 24.9 Å². The minimum Gasteiger partial charge on any atom is -0.501 e. The molecular formula is C58H65IrN5OSi4-2. The number of pyridine rings is 2. The molecule has 9 rings (SSSR count). The molecule has 0 unspecified atom stereocenters. The van der Waals surface area contributed by atoms with Crippen molar-refractivity contribution >= 4 is 75.0 Å². The van der Waals surface area contributed by atoms with Crippen molar-refractivity contribution in [3.63, 3.8) is 0 Å². The summed E-state index contributed by atoms with van der Waals surface area (Å²) in [6.45, 7) is 21.2. The molecular weight excluding hydrogens is 1090 g/mol. The van der Waals surface area contributed by atoms with Gasteiger partial charge in [0, 0.05) is 66.9 Å². The van der Waals surface area contributed by atoms with Crippen LogP contribution in [0.3, 0.4) is 0 Å². The molecule has 69 heavy (non-hydrogen) atoms. The third kappa shape index (κ3) is 11.7. The number of nitrogens with zero attached hydrogens (tertiary/aromatic N) is 5. The number of furan rings is 1. The van der Waals surface area contributed by atoms with E-state index in [9.17, 15) is 0 Å². The zero-order chi connectivity index (χ0) is 56.4. The van der Waals surface area contributed by atoms with Crippen LogP contribution in [0.1, 0.15) is 29.0 Å². The molecule has 4 heterocycles. The Morgan fingerprint density at radius 2 is 1.04 bits per heavy atom. The van der Waals surface area contributed by atoms with Crippen LogP contribution in [-0.4, -0.2) is 57.2 Å². The Labute approximate surface area is 440 Å². The molecule has 6 nitrogen and oxygen atoms in total. The maximum atomic E-state index is 8.11. The first-order valence-electron chi connectivity index (χ1n) is 27.5. The van der Waals surface area contributed by atoms with Gasteiger partial charge in [0.15, 0.2) is 17.5 Å². The van der Waals surface area contributed by atoms with Gasteiger partial charge in [-0.25, -0.2) is 15.0 Å². The first kappa shape index (κ1) is 40.5. The molecule has 0 N–H and O–H groups in total. The molecule has 5 aromatic carbocycles. The van der Waals surface area contributed by atoms with E-state index in [-0.39, 0.29) is 42.5 Å². The van der Waals surface area contributed by atoms with Gasteiger partial charge in [0.05, 0.1) is 37.9 Å². The van der Waals surface area contributed by atoms with Crippen LogP contribution < -0.4 is 20.7 Å². The standard InChI is InChI=1S/C46H55N4OSi4.C12H10N.Ir/c1-29-20-41(47-28-30(29)2)40-17-15-16-39-38-19-18-31(25-42(38)51-43(39)40)44-48-45(32-21-34(52(3,4)5)26-35(22-32)53(6,7)8)50-46(49-44)33-23-36(54(9,10)11)27-37(24-33)55(12,13)14;1-10-7-8-12(13-9-10)11-5-3-2-4-6-11;/h15-16,18-28H,1-14H3;2-5,7-9H,1H3;/q2*-1;/i1D3,2D3;1D3;. The predicted octanol–water partition coefficient (Wildman–Crippen LogP) is 13.3. The first-order valence-corrected chi connectivity index (χ1v) is 37.0. The molecule has 0 aliphatic carbocycles. The van der Waals surface area contributed by atoms with Gasteiger partial charge >= 0.3 is 0 Å². The summed E-state index contributed by atoms with van der Waals surface area (Å²) < 4.78 is 76.4. The zero-order valence-corrected chi connectivity index (χ0v) is 47.9. The summed E-state index contributed by atoms with van der Waals surface area (Å²) in [5.74, 6) is 1.79. The Bertz CT molecular complexity index is 3500. The normalized spacial score (nSPS) is 14.6. The SMILES string of the molecule is [2H]C([2H])([2H])c1ccc(-c2[c-]cccc2)nc1.[2H]C([2H])([2H])c1cnc(-c2[c-]ccc3c2oc2cc(-c4nc(-c5cc([Si](C)(C)C)cc([Si](C)(C)C)c5)nc(-c5cc([Si](C)(C)C)cc([Si](C)(C)C)c5)n4)ccc23)cc1C([2H])([2H])[2H].[Ir]. The van der Waals surface area contributed by atoms with Gasteiger partial charge in [0.2, 0.25) is 0 Å². The Hall–Kier alpha value is -5.27. The molecule has 9 aromatic rings. The summed E-state index contributed by atoms with van der Waals surface area (Å²) in [4.78, 5) is 24.3. The number of fused-ring (bicyclic) bond motifs is 3. The van der Waals surface area contributed by atoms with E-state index in [2.05, 4.69) is 137 Å². The third-order valence-corrected chi connectivity index (χ3v) is 20.2. The van der Waals surface area contributed by atoms with E-state index >= 15 is 0 Å². The van der Waals surface area contributed by atoms with Crippen LogP contribution in [0.15, 0.2) is 126 Å². The van der Waals surface area contributed by atoms with E-state index in [0.29, 0.717) is 34.2 Å². The molecule has 0 amide bonds.